The normalized spacial score (nSPS) is 10.4. The first-order valence-electron chi connectivity index (χ1n) is 6.44. The highest BCUT2D eigenvalue weighted by molar-refractivity contribution is 5.47. The number of anilines is 1. The van der Waals surface area contributed by atoms with Gasteiger partial charge in [0.1, 0.15) is 5.69 Å². The van der Waals surface area contributed by atoms with Gasteiger partial charge in [0.05, 0.1) is 30.3 Å². The number of hydrogen-bond donors (Lipinski definition) is 1. The molecule has 3 aromatic rings. The summed E-state index contributed by atoms with van der Waals surface area (Å²) in [4.78, 5) is 5.74. The third-order valence-corrected chi connectivity index (χ3v) is 3.03. The molecule has 0 saturated heterocycles. The third-order valence-electron chi connectivity index (χ3n) is 3.03. The highest BCUT2D eigenvalue weighted by atomic mass is 15.5. The number of pyridine rings is 1. The van der Waals surface area contributed by atoms with Crippen LogP contribution >= 0.6 is 0 Å². The lowest BCUT2D eigenvalue weighted by atomic mass is 10.2. The second kappa shape index (κ2) is 5.52. The van der Waals surface area contributed by atoms with E-state index < -0.39 is 0 Å². The number of aromatic nitrogens is 4. The second-order valence-corrected chi connectivity index (χ2v) is 4.51. The molecule has 0 atom stereocenters. The Kier molecular flexibility index (Phi) is 3.41. The molecule has 20 heavy (non-hydrogen) atoms. The molecule has 0 saturated carbocycles. The maximum atomic E-state index is 4.45. The molecule has 0 amide bonds. The number of nitrogens with zero attached hydrogens (tertiary/aromatic N) is 4. The molecule has 0 unspecified atom stereocenters. The van der Waals surface area contributed by atoms with E-state index in [1.54, 1.807) is 17.2 Å². The molecule has 1 N–H and O–H groups in total. The Bertz CT molecular complexity index is 690. The molecule has 1 aromatic carbocycles. The molecule has 5 heteroatoms. The molecule has 0 fully saturated rings. The van der Waals surface area contributed by atoms with Crippen LogP contribution in [0.4, 0.5) is 5.69 Å². The summed E-state index contributed by atoms with van der Waals surface area (Å²) < 4.78 is 0. The number of hydrogen-bond acceptors (Lipinski definition) is 4. The first-order chi connectivity index (χ1) is 9.83. The van der Waals surface area contributed by atoms with Crippen LogP contribution in [0.5, 0.6) is 0 Å². The Labute approximate surface area is 117 Å². The van der Waals surface area contributed by atoms with Crippen molar-refractivity contribution in [1.82, 2.24) is 20.0 Å². The Balaban J connectivity index is 1.71. The number of benzene rings is 1. The van der Waals surface area contributed by atoms with E-state index in [-0.39, 0.29) is 0 Å². The minimum Gasteiger partial charge on any atom is -0.378 e. The van der Waals surface area contributed by atoms with Crippen molar-refractivity contribution in [2.75, 3.05) is 5.32 Å². The SMILES string of the molecule is Cc1ccncc1NCc1cnn(-c2ccccc2)n1. The van der Waals surface area contributed by atoms with Gasteiger partial charge in [0.15, 0.2) is 0 Å². The van der Waals surface area contributed by atoms with Crippen LogP contribution in [0.25, 0.3) is 5.69 Å². The van der Waals surface area contributed by atoms with Crippen LogP contribution in [-0.2, 0) is 6.54 Å². The molecular weight excluding hydrogens is 250 g/mol. The smallest absolute Gasteiger partial charge is 0.102 e. The summed E-state index contributed by atoms with van der Waals surface area (Å²) in [5.74, 6) is 0. The fourth-order valence-electron chi connectivity index (χ4n) is 1.90. The fraction of sp³-hybridized carbons (Fsp3) is 0.133. The second-order valence-electron chi connectivity index (χ2n) is 4.51. The van der Waals surface area contributed by atoms with E-state index in [0.29, 0.717) is 6.54 Å². The zero-order valence-electron chi connectivity index (χ0n) is 11.2. The molecule has 2 aromatic heterocycles. The standard InChI is InChI=1S/C15H15N5/c1-12-7-8-16-11-15(12)17-9-13-10-18-20(19-13)14-5-3-2-4-6-14/h2-8,10-11,17H,9H2,1H3. The molecular formula is C15H15N5. The van der Waals surface area contributed by atoms with Crippen LogP contribution in [-0.4, -0.2) is 20.0 Å². The predicted molar refractivity (Wildman–Crippen MR) is 77.7 cm³/mol. The summed E-state index contributed by atoms with van der Waals surface area (Å²) in [5.41, 5.74) is 4.02. The van der Waals surface area contributed by atoms with Gasteiger partial charge in [-0.3, -0.25) is 4.98 Å². The van der Waals surface area contributed by atoms with E-state index in [4.69, 9.17) is 0 Å². The fourth-order valence-corrected chi connectivity index (χ4v) is 1.90. The van der Waals surface area contributed by atoms with Crippen molar-refractivity contribution in [1.29, 1.82) is 0 Å². The Morgan fingerprint density at radius 1 is 1.10 bits per heavy atom. The number of para-hydroxylation sites is 1. The van der Waals surface area contributed by atoms with Crippen molar-refractivity contribution in [2.45, 2.75) is 13.5 Å². The molecule has 0 radical (unpaired) electrons. The first-order valence-corrected chi connectivity index (χ1v) is 6.44. The van der Waals surface area contributed by atoms with Crippen molar-refractivity contribution in [3.63, 3.8) is 0 Å². The number of nitrogens with one attached hydrogen (secondary N) is 1. The maximum Gasteiger partial charge on any atom is 0.102 e. The lowest BCUT2D eigenvalue weighted by molar-refractivity contribution is 0.740. The molecule has 5 nitrogen and oxygen atoms in total. The molecule has 0 spiro atoms. The average molecular weight is 265 g/mol. The summed E-state index contributed by atoms with van der Waals surface area (Å²) in [5, 5.41) is 12.0. The molecule has 0 aliphatic rings. The summed E-state index contributed by atoms with van der Waals surface area (Å²) >= 11 is 0. The third kappa shape index (κ3) is 2.66. The van der Waals surface area contributed by atoms with Crippen LogP contribution in [0.3, 0.4) is 0 Å². The van der Waals surface area contributed by atoms with Gasteiger partial charge in [-0.1, -0.05) is 18.2 Å². The number of rotatable bonds is 4. The van der Waals surface area contributed by atoms with E-state index in [1.807, 2.05) is 49.5 Å². The molecule has 2 heterocycles. The maximum absolute atomic E-state index is 4.45. The van der Waals surface area contributed by atoms with Crippen LogP contribution < -0.4 is 5.32 Å². The van der Waals surface area contributed by atoms with Gasteiger partial charge in [0.2, 0.25) is 0 Å². The monoisotopic (exact) mass is 265 g/mol. The Morgan fingerprint density at radius 2 is 1.95 bits per heavy atom. The van der Waals surface area contributed by atoms with E-state index in [1.165, 1.54) is 0 Å². The van der Waals surface area contributed by atoms with E-state index in [9.17, 15) is 0 Å². The molecule has 100 valence electrons. The molecule has 0 aliphatic carbocycles. The zero-order valence-corrected chi connectivity index (χ0v) is 11.2. The minimum atomic E-state index is 0.624. The largest absolute Gasteiger partial charge is 0.378 e. The van der Waals surface area contributed by atoms with Crippen molar-refractivity contribution >= 4 is 5.69 Å². The number of aryl methyl sites for hydroxylation is 1. The molecule has 0 bridgehead atoms. The molecule has 0 aliphatic heterocycles. The van der Waals surface area contributed by atoms with Gasteiger partial charge in [-0.15, -0.1) is 0 Å². The van der Waals surface area contributed by atoms with Gasteiger partial charge in [0.25, 0.3) is 0 Å². The topological polar surface area (TPSA) is 55.6 Å². The Hall–Kier alpha value is -2.69. The van der Waals surface area contributed by atoms with Crippen LogP contribution in [0.1, 0.15) is 11.3 Å². The van der Waals surface area contributed by atoms with Crippen LogP contribution in [0.15, 0.2) is 55.0 Å². The van der Waals surface area contributed by atoms with E-state index in [0.717, 1.165) is 22.6 Å². The van der Waals surface area contributed by atoms with E-state index in [2.05, 4.69) is 20.5 Å². The first kappa shape index (κ1) is 12.3. The van der Waals surface area contributed by atoms with Crippen molar-refractivity contribution in [3.05, 3.63) is 66.2 Å². The van der Waals surface area contributed by atoms with Crippen molar-refractivity contribution < 1.29 is 0 Å². The average Bonchev–Trinajstić information content (AvgIpc) is 2.96. The highest BCUT2D eigenvalue weighted by Crippen LogP contribution is 2.12. The lowest BCUT2D eigenvalue weighted by Gasteiger charge is -2.06. The summed E-state index contributed by atoms with van der Waals surface area (Å²) in [7, 11) is 0. The quantitative estimate of drug-likeness (QED) is 0.787. The van der Waals surface area contributed by atoms with Crippen LogP contribution in [0, 0.1) is 6.92 Å². The van der Waals surface area contributed by atoms with Gasteiger partial charge in [-0.2, -0.15) is 15.0 Å². The summed E-state index contributed by atoms with van der Waals surface area (Å²) in [6, 6.07) is 11.8. The lowest BCUT2D eigenvalue weighted by Crippen LogP contribution is -2.03. The predicted octanol–water partition coefficient (Wildman–Crippen LogP) is 2.58. The Morgan fingerprint density at radius 3 is 2.75 bits per heavy atom. The van der Waals surface area contributed by atoms with Gasteiger partial charge in [0, 0.05) is 6.20 Å². The van der Waals surface area contributed by atoms with Crippen molar-refractivity contribution in [2.24, 2.45) is 0 Å². The van der Waals surface area contributed by atoms with Gasteiger partial charge in [-0.05, 0) is 30.7 Å². The minimum absolute atomic E-state index is 0.624. The zero-order chi connectivity index (χ0) is 13.8. The van der Waals surface area contributed by atoms with Gasteiger partial charge < -0.3 is 5.32 Å². The van der Waals surface area contributed by atoms with Gasteiger partial charge >= 0.3 is 0 Å². The molecule has 3 rings (SSSR count). The summed E-state index contributed by atoms with van der Waals surface area (Å²) in [6.07, 6.45) is 5.37. The van der Waals surface area contributed by atoms with E-state index >= 15 is 0 Å². The van der Waals surface area contributed by atoms with Gasteiger partial charge in [-0.25, -0.2) is 0 Å². The van der Waals surface area contributed by atoms with Crippen molar-refractivity contribution in [3.8, 4) is 5.69 Å². The summed E-state index contributed by atoms with van der Waals surface area (Å²) in [6.45, 7) is 2.67. The van der Waals surface area contributed by atoms with Crippen LogP contribution in [0.2, 0.25) is 0 Å². The highest BCUT2D eigenvalue weighted by Gasteiger charge is 2.03.